The van der Waals surface area contributed by atoms with Crippen molar-refractivity contribution in [3.8, 4) is 0 Å². The van der Waals surface area contributed by atoms with E-state index < -0.39 is 11.7 Å². The SMILES string of the molecule is CCCc1nc(CCC)nc(N2CCN(c3ncccc3C(F)(F)F)CC2)n1.N. The van der Waals surface area contributed by atoms with E-state index in [-0.39, 0.29) is 12.0 Å². The molecule has 29 heavy (non-hydrogen) atoms. The molecule has 0 radical (unpaired) electrons. The average Bonchev–Trinajstić information content (AvgIpc) is 2.68. The number of nitrogens with zero attached hydrogens (tertiary/aromatic N) is 6. The summed E-state index contributed by atoms with van der Waals surface area (Å²) in [5.74, 6) is 2.17. The molecule has 0 amide bonds. The summed E-state index contributed by atoms with van der Waals surface area (Å²) in [4.78, 5) is 21.4. The Bertz CT molecular complexity index is 765. The van der Waals surface area contributed by atoms with Crippen LogP contribution in [0.4, 0.5) is 24.9 Å². The van der Waals surface area contributed by atoms with E-state index in [4.69, 9.17) is 0 Å². The molecule has 1 saturated heterocycles. The fourth-order valence-corrected chi connectivity index (χ4v) is 3.26. The largest absolute Gasteiger partial charge is 0.419 e. The van der Waals surface area contributed by atoms with E-state index in [1.807, 2.05) is 4.90 Å². The number of rotatable bonds is 6. The van der Waals surface area contributed by atoms with Gasteiger partial charge in [-0.05, 0) is 25.0 Å². The zero-order valence-electron chi connectivity index (χ0n) is 16.9. The van der Waals surface area contributed by atoms with Crippen molar-refractivity contribution >= 4 is 11.8 Å². The molecule has 3 rings (SSSR count). The summed E-state index contributed by atoms with van der Waals surface area (Å²) in [7, 11) is 0. The van der Waals surface area contributed by atoms with Crippen molar-refractivity contribution in [2.75, 3.05) is 36.0 Å². The second-order valence-corrected chi connectivity index (χ2v) is 6.81. The van der Waals surface area contributed by atoms with Crippen LogP contribution in [0.2, 0.25) is 0 Å². The van der Waals surface area contributed by atoms with Gasteiger partial charge in [-0.15, -0.1) is 0 Å². The zero-order valence-corrected chi connectivity index (χ0v) is 16.9. The molecule has 0 aliphatic carbocycles. The maximum Gasteiger partial charge on any atom is 0.419 e. The lowest BCUT2D eigenvalue weighted by Gasteiger charge is -2.36. The molecule has 1 fully saturated rings. The third-order valence-electron chi connectivity index (χ3n) is 4.62. The van der Waals surface area contributed by atoms with Crippen molar-refractivity contribution in [2.45, 2.75) is 45.7 Å². The Hall–Kier alpha value is -2.49. The Morgan fingerprint density at radius 3 is 1.97 bits per heavy atom. The highest BCUT2D eigenvalue weighted by Gasteiger charge is 2.36. The predicted molar refractivity (Wildman–Crippen MR) is 107 cm³/mol. The van der Waals surface area contributed by atoms with Gasteiger partial charge in [0.15, 0.2) is 0 Å². The minimum absolute atomic E-state index is 0. The van der Waals surface area contributed by atoms with Gasteiger partial charge in [0, 0.05) is 45.2 Å². The highest BCUT2D eigenvalue weighted by Crippen LogP contribution is 2.35. The molecule has 1 aliphatic heterocycles. The fraction of sp³-hybridized carbons (Fsp3) is 0.579. The normalized spacial score (nSPS) is 14.7. The predicted octanol–water partition coefficient (Wildman–Crippen LogP) is 3.68. The molecule has 3 heterocycles. The van der Waals surface area contributed by atoms with E-state index in [1.165, 1.54) is 12.3 Å². The number of pyridine rings is 1. The second-order valence-electron chi connectivity index (χ2n) is 6.81. The average molecular weight is 411 g/mol. The molecule has 0 spiro atoms. The molecule has 0 atom stereocenters. The number of aryl methyl sites for hydroxylation is 2. The minimum atomic E-state index is -4.42. The maximum atomic E-state index is 13.3. The van der Waals surface area contributed by atoms with Gasteiger partial charge < -0.3 is 16.0 Å². The number of piperazine rings is 1. The molecule has 1 aliphatic rings. The van der Waals surface area contributed by atoms with Crippen LogP contribution in [0.15, 0.2) is 18.3 Å². The summed E-state index contributed by atoms with van der Waals surface area (Å²) >= 11 is 0. The number of alkyl halides is 3. The molecular formula is C19H28F3N7. The van der Waals surface area contributed by atoms with E-state index >= 15 is 0 Å². The lowest BCUT2D eigenvalue weighted by molar-refractivity contribution is -0.137. The fourth-order valence-electron chi connectivity index (χ4n) is 3.26. The molecule has 0 unspecified atom stereocenters. The van der Waals surface area contributed by atoms with Crippen molar-refractivity contribution < 1.29 is 13.2 Å². The van der Waals surface area contributed by atoms with Crippen LogP contribution in [-0.4, -0.2) is 46.1 Å². The highest BCUT2D eigenvalue weighted by atomic mass is 19.4. The van der Waals surface area contributed by atoms with E-state index in [0.717, 1.165) is 43.4 Å². The van der Waals surface area contributed by atoms with Crippen LogP contribution < -0.4 is 16.0 Å². The van der Waals surface area contributed by atoms with Gasteiger partial charge in [-0.1, -0.05) is 13.8 Å². The van der Waals surface area contributed by atoms with Crippen LogP contribution in [0.25, 0.3) is 0 Å². The third-order valence-corrected chi connectivity index (χ3v) is 4.62. The van der Waals surface area contributed by atoms with Crippen LogP contribution in [0.5, 0.6) is 0 Å². The van der Waals surface area contributed by atoms with Crippen molar-refractivity contribution in [1.82, 2.24) is 26.1 Å². The summed E-state index contributed by atoms with van der Waals surface area (Å²) in [5.41, 5.74) is -0.695. The van der Waals surface area contributed by atoms with Gasteiger partial charge in [-0.2, -0.15) is 23.1 Å². The minimum Gasteiger partial charge on any atom is -0.353 e. The van der Waals surface area contributed by atoms with E-state index in [2.05, 4.69) is 33.8 Å². The van der Waals surface area contributed by atoms with Crippen LogP contribution in [0.1, 0.15) is 43.9 Å². The Labute approximate surface area is 169 Å². The summed E-state index contributed by atoms with van der Waals surface area (Å²) in [6.07, 6.45) is 0.450. The Morgan fingerprint density at radius 1 is 0.897 bits per heavy atom. The number of hydrogen-bond donors (Lipinski definition) is 1. The summed E-state index contributed by atoms with van der Waals surface area (Å²) in [5, 5.41) is 0. The first kappa shape index (κ1) is 22.8. The number of halogens is 3. The molecule has 0 saturated carbocycles. The lowest BCUT2D eigenvalue weighted by atomic mass is 10.2. The second kappa shape index (κ2) is 9.82. The molecule has 160 valence electrons. The summed E-state index contributed by atoms with van der Waals surface area (Å²) in [6.45, 7) is 6.08. The van der Waals surface area contributed by atoms with Gasteiger partial charge >= 0.3 is 6.18 Å². The van der Waals surface area contributed by atoms with Gasteiger partial charge in [0.1, 0.15) is 17.5 Å². The Kier molecular flexibility index (Phi) is 7.72. The summed E-state index contributed by atoms with van der Waals surface area (Å²) < 4.78 is 39.8. The molecule has 7 nitrogen and oxygen atoms in total. The lowest BCUT2D eigenvalue weighted by Crippen LogP contribution is -2.48. The van der Waals surface area contributed by atoms with Crippen molar-refractivity contribution in [3.63, 3.8) is 0 Å². The van der Waals surface area contributed by atoms with E-state index in [0.29, 0.717) is 32.1 Å². The monoisotopic (exact) mass is 411 g/mol. The smallest absolute Gasteiger partial charge is 0.353 e. The maximum absolute atomic E-state index is 13.3. The van der Waals surface area contributed by atoms with Gasteiger partial charge in [0.25, 0.3) is 0 Å². The van der Waals surface area contributed by atoms with Crippen molar-refractivity contribution in [3.05, 3.63) is 35.5 Å². The van der Waals surface area contributed by atoms with Crippen LogP contribution in [-0.2, 0) is 19.0 Å². The number of hydrogen-bond acceptors (Lipinski definition) is 7. The number of aromatic nitrogens is 4. The van der Waals surface area contributed by atoms with Gasteiger partial charge in [-0.3, -0.25) is 0 Å². The van der Waals surface area contributed by atoms with Crippen LogP contribution >= 0.6 is 0 Å². The van der Waals surface area contributed by atoms with Gasteiger partial charge in [0.05, 0.1) is 5.56 Å². The van der Waals surface area contributed by atoms with E-state index in [1.54, 1.807) is 4.90 Å². The third kappa shape index (κ3) is 5.53. The van der Waals surface area contributed by atoms with Crippen LogP contribution in [0, 0.1) is 0 Å². The Balaban J connectivity index is 0.00000300. The molecule has 2 aromatic rings. The molecule has 3 N–H and O–H groups in total. The van der Waals surface area contributed by atoms with E-state index in [9.17, 15) is 13.2 Å². The topological polar surface area (TPSA) is 93.0 Å². The zero-order chi connectivity index (χ0) is 20.1. The van der Waals surface area contributed by atoms with Gasteiger partial charge in [0.2, 0.25) is 5.95 Å². The highest BCUT2D eigenvalue weighted by molar-refractivity contribution is 5.50. The van der Waals surface area contributed by atoms with Crippen molar-refractivity contribution in [2.24, 2.45) is 0 Å². The number of anilines is 2. The molecule has 10 heteroatoms. The molecule has 0 aromatic carbocycles. The standard InChI is InChI=1S/C19H25F3N6.H3N/c1-3-6-15-24-16(7-4-2)26-18(25-15)28-12-10-27(11-13-28)17-14(19(20,21)22)8-5-9-23-17;/h5,8-9H,3-4,6-7,10-13H2,1-2H3;1H3. The molecule has 2 aromatic heterocycles. The Morgan fingerprint density at radius 2 is 1.45 bits per heavy atom. The van der Waals surface area contributed by atoms with Crippen molar-refractivity contribution in [1.29, 1.82) is 0 Å². The molecule has 0 bridgehead atoms. The molecular weight excluding hydrogens is 383 g/mol. The first-order valence-electron chi connectivity index (χ1n) is 9.68. The first-order valence-corrected chi connectivity index (χ1v) is 9.68. The first-order chi connectivity index (χ1) is 13.4. The quantitative estimate of drug-likeness (QED) is 0.775. The van der Waals surface area contributed by atoms with Crippen LogP contribution in [0.3, 0.4) is 0 Å². The van der Waals surface area contributed by atoms with Gasteiger partial charge in [-0.25, -0.2) is 9.97 Å². The summed E-state index contributed by atoms with van der Waals surface area (Å²) in [6, 6.07) is 2.40.